The number of carboxylic acids is 1. The van der Waals surface area contributed by atoms with Gasteiger partial charge in [0.2, 0.25) is 0 Å². The van der Waals surface area contributed by atoms with Gasteiger partial charge in [0.15, 0.2) is 0 Å². The molecular formula is C22H23N3O4S. The molecule has 3 aromatic rings. The van der Waals surface area contributed by atoms with E-state index in [1.807, 2.05) is 22.1 Å². The van der Waals surface area contributed by atoms with Crippen molar-refractivity contribution in [2.24, 2.45) is 0 Å². The van der Waals surface area contributed by atoms with Gasteiger partial charge in [-0.3, -0.25) is 10.1 Å². The highest BCUT2D eigenvalue weighted by Gasteiger charge is 2.14. The molecule has 0 atom stereocenters. The van der Waals surface area contributed by atoms with E-state index >= 15 is 0 Å². The Morgan fingerprint density at radius 3 is 2.67 bits per heavy atom. The Balaban J connectivity index is 1.94. The minimum atomic E-state index is -0.957. The molecule has 156 valence electrons. The monoisotopic (exact) mass is 425 g/mol. The van der Waals surface area contributed by atoms with Crippen LogP contribution in [0.25, 0.3) is 6.08 Å². The number of non-ortho nitro benzene ring substituents is 1. The van der Waals surface area contributed by atoms with Gasteiger partial charge >= 0.3 is 5.97 Å². The molecule has 0 saturated heterocycles. The van der Waals surface area contributed by atoms with E-state index in [9.17, 15) is 20.0 Å². The lowest BCUT2D eigenvalue weighted by molar-refractivity contribution is -0.384. The third-order valence-corrected chi connectivity index (χ3v) is 5.63. The molecule has 0 aliphatic rings. The summed E-state index contributed by atoms with van der Waals surface area (Å²) in [5, 5.41) is 22.5. The predicted octanol–water partition coefficient (Wildman–Crippen LogP) is 4.95. The Hall–Kier alpha value is -3.26. The van der Waals surface area contributed by atoms with Gasteiger partial charge in [0, 0.05) is 42.0 Å². The highest BCUT2D eigenvalue weighted by atomic mass is 32.1. The summed E-state index contributed by atoms with van der Waals surface area (Å²) in [5.41, 5.74) is 1.94. The quantitative estimate of drug-likeness (QED) is 0.281. The molecule has 2 heterocycles. The molecule has 30 heavy (non-hydrogen) atoms. The minimum Gasteiger partial charge on any atom is -0.478 e. The van der Waals surface area contributed by atoms with E-state index in [4.69, 9.17) is 0 Å². The zero-order chi connectivity index (χ0) is 21.5. The number of aryl methyl sites for hydroxylation is 1. The molecule has 0 saturated carbocycles. The van der Waals surface area contributed by atoms with E-state index in [2.05, 4.69) is 11.9 Å². The van der Waals surface area contributed by atoms with Crippen molar-refractivity contribution in [1.82, 2.24) is 9.55 Å². The fourth-order valence-electron chi connectivity index (χ4n) is 3.13. The van der Waals surface area contributed by atoms with Crippen LogP contribution in [0.4, 0.5) is 5.69 Å². The summed E-state index contributed by atoms with van der Waals surface area (Å²) < 4.78 is 1.99. The topological polar surface area (TPSA) is 98.3 Å². The number of nitro benzene ring substituents is 1. The van der Waals surface area contributed by atoms with Crippen molar-refractivity contribution >= 4 is 29.1 Å². The summed E-state index contributed by atoms with van der Waals surface area (Å²) in [7, 11) is 0. The summed E-state index contributed by atoms with van der Waals surface area (Å²) in [6, 6.07) is 10.2. The van der Waals surface area contributed by atoms with E-state index in [1.165, 1.54) is 23.5 Å². The largest absolute Gasteiger partial charge is 0.478 e. The fourth-order valence-corrected chi connectivity index (χ4v) is 3.86. The lowest BCUT2D eigenvalue weighted by atomic mass is 10.1. The normalized spacial score (nSPS) is 11.6. The number of imidazole rings is 1. The summed E-state index contributed by atoms with van der Waals surface area (Å²) >= 11 is 1.52. The molecule has 2 aromatic heterocycles. The molecule has 0 bridgehead atoms. The maximum atomic E-state index is 11.8. The maximum Gasteiger partial charge on any atom is 0.332 e. The lowest BCUT2D eigenvalue weighted by Crippen LogP contribution is -2.09. The van der Waals surface area contributed by atoms with Crippen molar-refractivity contribution in [2.75, 3.05) is 0 Å². The number of hydrogen-bond donors (Lipinski definition) is 1. The number of carbonyl (C=O) groups is 1. The van der Waals surface area contributed by atoms with Crippen LogP contribution in [0.15, 0.2) is 53.5 Å². The van der Waals surface area contributed by atoms with Gasteiger partial charge in [0.25, 0.3) is 5.69 Å². The molecule has 1 aromatic carbocycles. The zero-order valence-electron chi connectivity index (χ0n) is 16.7. The van der Waals surface area contributed by atoms with E-state index in [0.29, 0.717) is 24.2 Å². The summed E-state index contributed by atoms with van der Waals surface area (Å²) in [6.07, 6.45) is 6.50. The molecular weight excluding hydrogens is 402 g/mol. The van der Waals surface area contributed by atoms with Crippen molar-refractivity contribution in [3.05, 3.63) is 85.6 Å². The van der Waals surface area contributed by atoms with Crippen LogP contribution < -0.4 is 0 Å². The number of benzene rings is 1. The molecule has 0 unspecified atom stereocenters. The van der Waals surface area contributed by atoms with Gasteiger partial charge in [-0.1, -0.05) is 31.5 Å². The number of hydrogen-bond acceptors (Lipinski definition) is 5. The highest BCUT2D eigenvalue weighted by molar-refractivity contribution is 7.09. The van der Waals surface area contributed by atoms with Gasteiger partial charge in [-0.2, -0.15) is 0 Å². The van der Waals surface area contributed by atoms with Crippen molar-refractivity contribution in [1.29, 1.82) is 0 Å². The van der Waals surface area contributed by atoms with Crippen LogP contribution in [0.1, 0.15) is 41.7 Å². The van der Waals surface area contributed by atoms with Crippen LogP contribution in [-0.4, -0.2) is 25.6 Å². The molecule has 7 nitrogen and oxygen atoms in total. The van der Waals surface area contributed by atoms with Crippen molar-refractivity contribution in [3.8, 4) is 0 Å². The highest BCUT2D eigenvalue weighted by Crippen LogP contribution is 2.20. The SMILES string of the molecule is CCCCc1ncc(C=C(Cc2cccs2)C(=O)O)n1Cc1ccc([N+](=O)[O-])cc1. The molecule has 0 aliphatic heterocycles. The third-order valence-electron chi connectivity index (χ3n) is 4.75. The first-order valence-electron chi connectivity index (χ1n) is 9.72. The smallest absolute Gasteiger partial charge is 0.332 e. The average Bonchev–Trinajstić information content (AvgIpc) is 3.37. The standard InChI is InChI=1S/C22H23N3O4S/c1-2-3-6-21-23-14-19(12-17(22(26)27)13-20-5-4-11-30-20)24(21)15-16-7-9-18(10-8-16)25(28)29/h4-5,7-12,14H,2-3,6,13,15H2,1H3,(H,26,27). The Kier molecular flexibility index (Phi) is 7.13. The number of nitro groups is 1. The molecule has 0 fully saturated rings. The first kappa shape index (κ1) is 21.4. The van der Waals surface area contributed by atoms with Crippen molar-refractivity contribution in [3.63, 3.8) is 0 Å². The average molecular weight is 426 g/mol. The van der Waals surface area contributed by atoms with Crippen molar-refractivity contribution in [2.45, 2.75) is 39.2 Å². The first-order valence-corrected chi connectivity index (χ1v) is 10.6. The number of rotatable bonds is 10. The molecule has 3 rings (SSSR count). The molecule has 1 N–H and O–H groups in total. The number of aliphatic carboxylic acids is 1. The van der Waals surface area contributed by atoms with Crippen LogP contribution in [0.5, 0.6) is 0 Å². The zero-order valence-corrected chi connectivity index (χ0v) is 17.5. The molecule has 0 radical (unpaired) electrons. The Morgan fingerprint density at radius 2 is 2.07 bits per heavy atom. The van der Waals surface area contributed by atoms with Gasteiger partial charge in [0.1, 0.15) is 5.82 Å². The second kappa shape index (κ2) is 9.98. The molecule has 0 amide bonds. The first-order chi connectivity index (χ1) is 14.5. The van der Waals surface area contributed by atoms with Crippen LogP contribution in [-0.2, 0) is 24.2 Å². The van der Waals surface area contributed by atoms with Crippen molar-refractivity contribution < 1.29 is 14.8 Å². The van der Waals surface area contributed by atoms with Crippen LogP contribution >= 0.6 is 11.3 Å². The Morgan fingerprint density at radius 1 is 1.30 bits per heavy atom. The van der Waals surface area contributed by atoms with Gasteiger partial charge < -0.3 is 9.67 Å². The predicted molar refractivity (Wildman–Crippen MR) is 117 cm³/mol. The van der Waals surface area contributed by atoms with E-state index < -0.39 is 10.9 Å². The van der Waals surface area contributed by atoms with Gasteiger partial charge in [0.05, 0.1) is 16.8 Å². The maximum absolute atomic E-state index is 11.8. The molecule has 8 heteroatoms. The Bertz CT molecular complexity index is 1040. The third kappa shape index (κ3) is 5.42. The fraction of sp³-hybridized carbons (Fsp3) is 0.273. The van der Waals surface area contributed by atoms with Crippen LogP contribution in [0, 0.1) is 10.1 Å². The van der Waals surface area contributed by atoms with E-state index in [-0.39, 0.29) is 5.69 Å². The summed E-state index contributed by atoms with van der Waals surface area (Å²) in [4.78, 5) is 27.8. The number of aromatic nitrogens is 2. The number of nitrogens with zero attached hydrogens (tertiary/aromatic N) is 3. The van der Waals surface area contributed by atoms with E-state index in [0.717, 1.165) is 35.5 Å². The summed E-state index contributed by atoms with van der Waals surface area (Å²) in [6.45, 7) is 2.57. The van der Waals surface area contributed by atoms with E-state index in [1.54, 1.807) is 24.4 Å². The van der Waals surface area contributed by atoms with Crippen LogP contribution in [0.3, 0.4) is 0 Å². The van der Waals surface area contributed by atoms with Gasteiger partial charge in [-0.25, -0.2) is 9.78 Å². The number of unbranched alkanes of at least 4 members (excludes halogenated alkanes) is 1. The van der Waals surface area contributed by atoms with Crippen LogP contribution in [0.2, 0.25) is 0 Å². The lowest BCUT2D eigenvalue weighted by Gasteiger charge is -2.11. The van der Waals surface area contributed by atoms with Gasteiger partial charge in [-0.15, -0.1) is 11.3 Å². The molecule has 0 spiro atoms. The van der Waals surface area contributed by atoms with Gasteiger partial charge in [-0.05, 0) is 29.5 Å². The second-order valence-corrected chi connectivity index (χ2v) is 7.98. The number of carboxylic acid groups (broad SMARTS) is 1. The Labute approximate surface area is 178 Å². The summed E-state index contributed by atoms with van der Waals surface area (Å²) in [5.74, 6) is -0.0797. The number of thiophene rings is 1. The second-order valence-electron chi connectivity index (χ2n) is 6.94. The molecule has 0 aliphatic carbocycles. The minimum absolute atomic E-state index is 0.0415.